The van der Waals surface area contributed by atoms with Gasteiger partial charge in [-0.25, -0.2) is 9.82 Å². The van der Waals surface area contributed by atoms with Crippen molar-refractivity contribution in [3.8, 4) is 0 Å². The number of benzene rings is 1. The Morgan fingerprint density at radius 3 is 2.33 bits per heavy atom. The van der Waals surface area contributed by atoms with Gasteiger partial charge in [0.2, 0.25) is 0 Å². The second-order valence-electron chi connectivity index (χ2n) is 7.07. The molecule has 0 radical (unpaired) electrons. The smallest absolute Gasteiger partial charge is 0.265 e. The van der Waals surface area contributed by atoms with E-state index in [9.17, 15) is 9.18 Å². The summed E-state index contributed by atoms with van der Waals surface area (Å²) >= 11 is 0. The minimum absolute atomic E-state index is 0.247. The summed E-state index contributed by atoms with van der Waals surface area (Å²) < 4.78 is 13.2. The van der Waals surface area contributed by atoms with Crippen LogP contribution in [-0.4, -0.2) is 11.9 Å². The molecule has 4 aliphatic rings. The monoisotopic (exact) mass is 288 g/mol. The molecule has 0 spiro atoms. The highest BCUT2D eigenvalue weighted by Gasteiger charge is 2.48. The molecule has 3 nitrogen and oxygen atoms in total. The van der Waals surface area contributed by atoms with Gasteiger partial charge in [-0.3, -0.25) is 10.2 Å². The van der Waals surface area contributed by atoms with Crippen molar-refractivity contribution in [1.82, 2.24) is 10.9 Å². The normalized spacial score (nSPS) is 36.7. The molecule has 0 aliphatic heterocycles. The minimum Gasteiger partial charge on any atom is -0.287 e. The number of hydrogen-bond donors (Lipinski definition) is 2. The van der Waals surface area contributed by atoms with Crippen LogP contribution in [0.15, 0.2) is 24.3 Å². The Bertz CT molecular complexity index is 531. The van der Waals surface area contributed by atoms with Gasteiger partial charge < -0.3 is 0 Å². The van der Waals surface area contributed by atoms with Gasteiger partial charge in [0.15, 0.2) is 0 Å². The standard InChI is InChI=1S/C17H21FN2O/c18-15-3-1-2-12(9-15)17(21)20-19-16-13-5-10-4-11(7-13)8-14(16)6-10/h1-3,9-11,13-14,16,19H,4-8H2,(H,20,21). The Balaban J connectivity index is 1.40. The lowest BCUT2D eigenvalue weighted by Gasteiger charge is -2.54. The molecule has 4 heteroatoms. The molecule has 4 aliphatic carbocycles. The van der Waals surface area contributed by atoms with Crippen LogP contribution in [-0.2, 0) is 0 Å². The van der Waals surface area contributed by atoms with E-state index in [2.05, 4.69) is 10.9 Å². The highest BCUT2D eigenvalue weighted by atomic mass is 19.1. The number of amides is 1. The summed E-state index contributed by atoms with van der Waals surface area (Å²) in [6.45, 7) is 0. The maximum Gasteiger partial charge on any atom is 0.265 e. The van der Waals surface area contributed by atoms with Gasteiger partial charge in [0.25, 0.3) is 5.91 Å². The highest BCUT2D eigenvalue weighted by molar-refractivity contribution is 5.93. The lowest BCUT2D eigenvalue weighted by molar-refractivity contribution is -0.0179. The zero-order chi connectivity index (χ0) is 14.4. The van der Waals surface area contributed by atoms with Gasteiger partial charge in [-0.15, -0.1) is 0 Å². The zero-order valence-electron chi connectivity index (χ0n) is 12.0. The molecule has 2 N–H and O–H groups in total. The summed E-state index contributed by atoms with van der Waals surface area (Å²) in [6.07, 6.45) is 6.65. The largest absolute Gasteiger partial charge is 0.287 e. The molecule has 0 heterocycles. The van der Waals surface area contributed by atoms with Crippen LogP contribution < -0.4 is 10.9 Å². The first-order valence-electron chi connectivity index (χ1n) is 8.00. The second kappa shape index (κ2) is 5.09. The third-order valence-electron chi connectivity index (χ3n) is 5.67. The first-order chi connectivity index (χ1) is 10.2. The molecule has 0 saturated heterocycles. The van der Waals surface area contributed by atoms with Crippen LogP contribution in [0.25, 0.3) is 0 Å². The Hall–Kier alpha value is -1.42. The van der Waals surface area contributed by atoms with Gasteiger partial charge in [0.05, 0.1) is 0 Å². The highest BCUT2D eigenvalue weighted by Crippen LogP contribution is 2.53. The van der Waals surface area contributed by atoms with Gasteiger partial charge in [0, 0.05) is 11.6 Å². The van der Waals surface area contributed by atoms with E-state index >= 15 is 0 Å². The molecular weight excluding hydrogens is 267 g/mol. The first-order valence-corrected chi connectivity index (χ1v) is 8.00. The number of halogens is 1. The van der Waals surface area contributed by atoms with Crippen molar-refractivity contribution in [2.75, 3.05) is 0 Å². The molecule has 0 aromatic heterocycles. The summed E-state index contributed by atoms with van der Waals surface area (Å²) in [5.41, 5.74) is 6.43. The first kappa shape index (κ1) is 13.3. The number of carbonyl (C=O) groups excluding carboxylic acids is 1. The van der Waals surface area contributed by atoms with Crippen molar-refractivity contribution < 1.29 is 9.18 Å². The average molecular weight is 288 g/mol. The average Bonchev–Trinajstić information content (AvgIpc) is 2.45. The summed E-state index contributed by atoms with van der Waals surface area (Å²) in [5.74, 6) is 2.62. The van der Waals surface area contributed by atoms with Gasteiger partial charge in [-0.05, 0) is 74.0 Å². The van der Waals surface area contributed by atoms with Crippen molar-refractivity contribution in [2.24, 2.45) is 23.7 Å². The summed E-state index contributed by atoms with van der Waals surface area (Å²) in [7, 11) is 0. The maximum absolute atomic E-state index is 13.2. The summed E-state index contributed by atoms with van der Waals surface area (Å²) in [6, 6.07) is 6.22. The molecular formula is C17H21FN2O. The summed E-state index contributed by atoms with van der Waals surface area (Å²) in [4.78, 5) is 12.1. The van der Waals surface area contributed by atoms with Gasteiger partial charge >= 0.3 is 0 Å². The number of rotatable bonds is 3. The summed E-state index contributed by atoms with van der Waals surface area (Å²) in [5, 5.41) is 0. The lowest BCUT2D eigenvalue weighted by Crippen LogP contribution is -2.58. The molecule has 1 aromatic carbocycles. The van der Waals surface area contributed by atoms with Crippen LogP contribution in [0.1, 0.15) is 42.5 Å². The fourth-order valence-electron chi connectivity index (χ4n) is 5.01. The zero-order valence-corrected chi connectivity index (χ0v) is 12.0. The van der Waals surface area contributed by atoms with Crippen molar-refractivity contribution in [3.63, 3.8) is 0 Å². The van der Waals surface area contributed by atoms with Gasteiger partial charge in [-0.1, -0.05) is 6.07 Å². The SMILES string of the molecule is O=C(NNC1C2CC3CC(C2)CC1C3)c1cccc(F)c1. The maximum atomic E-state index is 13.2. The predicted molar refractivity (Wildman–Crippen MR) is 77.8 cm³/mol. The van der Waals surface area contributed by atoms with Crippen LogP contribution in [0.5, 0.6) is 0 Å². The Kier molecular flexibility index (Phi) is 3.21. The van der Waals surface area contributed by atoms with Gasteiger partial charge in [-0.2, -0.15) is 0 Å². The molecule has 1 aromatic rings. The number of hydrogen-bond acceptors (Lipinski definition) is 2. The van der Waals surface area contributed by atoms with Crippen LogP contribution in [0.2, 0.25) is 0 Å². The Morgan fingerprint density at radius 2 is 1.71 bits per heavy atom. The molecule has 4 bridgehead atoms. The number of nitrogens with one attached hydrogen (secondary N) is 2. The van der Waals surface area contributed by atoms with Crippen LogP contribution >= 0.6 is 0 Å². The number of carbonyl (C=O) groups is 1. The quantitative estimate of drug-likeness (QED) is 0.840. The molecule has 1 amide bonds. The van der Waals surface area contributed by atoms with E-state index in [1.807, 2.05) is 0 Å². The van der Waals surface area contributed by atoms with E-state index in [-0.39, 0.29) is 11.7 Å². The van der Waals surface area contributed by atoms with Crippen LogP contribution in [0.4, 0.5) is 4.39 Å². The third kappa shape index (κ3) is 2.46. The van der Waals surface area contributed by atoms with E-state index in [1.54, 1.807) is 12.1 Å². The third-order valence-corrected chi connectivity index (χ3v) is 5.67. The van der Waals surface area contributed by atoms with E-state index in [0.29, 0.717) is 23.4 Å². The van der Waals surface area contributed by atoms with Gasteiger partial charge in [0.1, 0.15) is 5.82 Å². The van der Waals surface area contributed by atoms with Crippen molar-refractivity contribution >= 4 is 5.91 Å². The Morgan fingerprint density at radius 1 is 1.05 bits per heavy atom. The predicted octanol–water partition coefficient (Wildman–Crippen LogP) is 2.88. The lowest BCUT2D eigenvalue weighted by atomic mass is 9.54. The molecule has 5 rings (SSSR count). The van der Waals surface area contributed by atoms with E-state index in [4.69, 9.17) is 0 Å². The van der Waals surface area contributed by atoms with E-state index in [0.717, 1.165) is 11.8 Å². The fourth-order valence-corrected chi connectivity index (χ4v) is 5.01. The van der Waals surface area contributed by atoms with Crippen LogP contribution in [0, 0.1) is 29.5 Å². The Labute approximate surface area is 124 Å². The van der Waals surface area contributed by atoms with Crippen molar-refractivity contribution in [2.45, 2.75) is 38.1 Å². The molecule has 0 unspecified atom stereocenters. The molecule has 0 atom stereocenters. The topological polar surface area (TPSA) is 41.1 Å². The van der Waals surface area contributed by atoms with Crippen molar-refractivity contribution in [3.05, 3.63) is 35.6 Å². The van der Waals surface area contributed by atoms with Crippen molar-refractivity contribution in [1.29, 1.82) is 0 Å². The molecule has 21 heavy (non-hydrogen) atoms. The molecule has 112 valence electrons. The second-order valence-corrected chi connectivity index (χ2v) is 7.07. The van der Waals surface area contributed by atoms with E-state index < -0.39 is 0 Å². The molecule has 4 fully saturated rings. The van der Waals surface area contributed by atoms with Crippen LogP contribution in [0.3, 0.4) is 0 Å². The number of hydrazine groups is 1. The molecule has 4 saturated carbocycles. The fraction of sp³-hybridized carbons (Fsp3) is 0.588. The van der Waals surface area contributed by atoms with E-state index in [1.165, 1.54) is 44.2 Å². The minimum atomic E-state index is -0.378.